The minimum Gasteiger partial charge on any atom is -0.382 e. The second-order valence-corrected chi connectivity index (χ2v) is 7.99. The highest BCUT2D eigenvalue weighted by Crippen LogP contribution is 2.34. The molecule has 0 amide bonds. The molecule has 0 aliphatic carbocycles. The van der Waals surface area contributed by atoms with Gasteiger partial charge in [0.25, 0.3) is 0 Å². The zero-order chi connectivity index (χ0) is 18.3. The minimum atomic E-state index is 0.314. The van der Waals surface area contributed by atoms with Crippen molar-refractivity contribution in [1.29, 1.82) is 0 Å². The Morgan fingerprint density at radius 2 is 1.96 bits per heavy atom. The van der Waals surface area contributed by atoms with Gasteiger partial charge >= 0.3 is 0 Å². The van der Waals surface area contributed by atoms with Gasteiger partial charge in [0.05, 0.1) is 30.0 Å². The molecule has 4 heterocycles. The molecule has 2 aromatic heterocycles. The molecule has 2 saturated heterocycles. The number of nitrogen functional groups attached to an aromatic ring is 1. The lowest BCUT2D eigenvalue weighted by Gasteiger charge is -2.41. The first-order valence-corrected chi connectivity index (χ1v) is 9.73. The molecular formula is C19H26ClN5O. The van der Waals surface area contributed by atoms with Gasteiger partial charge < -0.3 is 10.5 Å². The fraction of sp³-hybridized carbons (Fsp3) is 0.579. The largest absolute Gasteiger partial charge is 0.382 e. The molecule has 7 heteroatoms. The molecule has 0 saturated carbocycles. The van der Waals surface area contributed by atoms with Crippen LogP contribution in [0.2, 0.25) is 5.02 Å². The third kappa shape index (κ3) is 3.33. The molecule has 0 spiro atoms. The number of anilines is 1. The first-order chi connectivity index (χ1) is 12.5. The lowest BCUT2D eigenvalue weighted by atomic mass is 9.91. The van der Waals surface area contributed by atoms with E-state index in [1.165, 1.54) is 5.69 Å². The van der Waals surface area contributed by atoms with Crippen molar-refractivity contribution >= 4 is 17.4 Å². The van der Waals surface area contributed by atoms with Crippen LogP contribution >= 0.6 is 11.6 Å². The average Bonchev–Trinajstić information content (AvgIpc) is 3.02. The van der Waals surface area contributed by atoms with Gasteiger partial charge in [0.1, 0.15) is 5.82 Å². The number of nitrogens with two attached hydrogens (primary N) is 1. The monoisotopic (exact) mass is 375 g/mol. The number of hydrogen-bond acceptors (Lipinski definition) is 5. The molecule has 2 N–H and O–H groups in total. The molecule has 0 aromatic carbocycles. The summed E-state index contributed by atoms with van der Waals surface area (Å²) in [6.45, 7) is 8.40. The molecule has 2 fully saturated rings. The highest BCUT2D eigenvalue weighted by Gasteiger charge is 2.31. The summed E-state index contributed by atoms with van der Waals surface area (Å²) in [5.41, 5.74) is 8.88. The van der Waals surface area contributed by atoms with E-state index < -0.39 is 0 Å². The van der Waals surface area contributed by atoms with Crippen molar-refractivity contribution < 1.29 is 4.74 Å². The third-order valence-corrected chi connectivity index (χ3v) is 5.81. The van der Waals surface area contributed by atoms with Gasteiger partial charge in [-0.1, -0.05) is 11.6 Å². The van der Waals surface area contributed by atoms with Crippen molar-refractivity contribution in [1.82, 2.24) is 19.7 Å². The number of aromatic nitrogens is 3. The van der Waals surface area contributed by atoms with Gasteiger partial charge in [-0.15, -0.1) is 0 Å². The third-order valence-electron chi connectivity index (χ3n) is 5.50. The van der Waals surface area contributed by atoms with Crippen LogP contribution in [0, 0.1) is 0 Å². The first kappa shape index (κ1) is 17.8. The van der Waals surface area contributed by atoms with Crippen LogP contribution in [-0.4, -0.2) is 52.0 Å². The maximum atomic E-state index is 6.15. The van der Waals surface area contributed by atoms with Crippen LogP contribution < -0.4 is 5.73 Å². The zero-order valence-corrected chi connectivity index (χ0v) is 16.1. The van der Waals surface area contributed by atoms with Crippen molar-refractivity contribution in [3.8, 4) is 11.3 Å². The molecule has 2 aliphatic rings. The van der Waals surface area contributed by atoms with Crippen molar-refractivity contribution in [3.05, 3.63) is 29.0 Å². The standard InChI is InChI=1S/C19H26ClN5O/c1-12(2)25-18(13-3-5-24(6-4-13)15-10-26-11-15)8-17(23-25)14-7-16(20)19(21)22-9-14/h7-9,12-13,15H,3-6,10-11H2,1-2H3,(H2,21,22). The van der Waals surface area contributed by atoms with Crippen LogP contribution in [0.5, 0.6) is 0 Å². The minimum absolute atomic E-state index is 0.314. The maximum absolute atomic E-state index is 6.15. The van der Waals surface area contributed by atoms with Crippen molar-refractivity contribution in [2.75, 3.05) is 32.0 Å². The number of likely N-dealkylation sites (tertiary alicyclic amines) is 1. The van der Waals surface area contributed by atoms with Crippen LogP contribution in [-0.2, 0) is 4.74 Å². The first-order valence-electron chi connectivity index (χ1n) is 9.35. The summed E-state index contributed by atoms with van der Waals surface area (Å²) in [6.07, 6.45) is 4.07. The molecular weight excluding hydrogens is 350 g/mol. The molecule has 0 radical (unpaired) electrons. The lowest BCUT2D eigenvalue weighted by molar-refractivity contribution is -0.0714. The summed E-state index contributed by atoms with van der Waals surface area (Å²) >= 11 is 6.15. The molecule has 26 heavy (non-hydrogen) atoms. The van der Waals surface area contributed by atoms with Gasteiger partial charge in [0.15, 0.2) is 0 Å². The lowest BCUT2D eigenvalue weighted by Crippen LogP contribution is -2.51. The topological polar surface area (TPSA) is 69.2 Å². The van der Waals surface area contributed by atoms with Crippen molar-refractivity contribution in [2.45, 2.75) is 44.7 Å². The molecule has 2 aliphatic heterocycles. The van der Waals surface area contributed by atoms with E-state index in [1.54, 1.807) is 6.20 Å². The van der Waals surface area contributed by atoms with Crippen LogP contribution in [0.25, 0.3) is 11.3 Å². The number of hydrogen-bond donors (Lipinski definition) is 1. The number of halogens is 1. The summed E-state index contributed by atoms with van der Waals surface area (Å²) in [7, 11) is 0. The Balaban J connectivity index is 1.57. The van der Waals surface area contributed by atoms with E-state index in [2.05, 4.69) is 34.5 Å². The van der Waals surface area contributed by atoms with E-state index in [9.17, 15) is 0 Å². The summed E-state index contributed by atoms with van der Waals surface area (Å²) in [5, 5.41) is 5.32. The quantitative estimate of drug-likeness (QED) is 0.887. The molecule has 0 unspecified atom stereocenters. The Morgan fingerprint density at radius 3 is 2.54 bits per heavy atom. The van der Waals surface area contributed by atoms with Crippen molar-refractivity contribution in [3.63, 3.8) is 0 Å². The summed E-state index contributed by atoms with van der Waals surface area (Å²) < 4.78 is 7.50. The molecule has 0 bridgehead atoms. The van der Waals surface area contributed by atoms with Gasteiger partial charge in [-0.3, -0.25) is 9.58 Å². The summed E-state index contributed by atoms with van der Waals surface area (Å²) in [6, 6.07) is 4.99. The van der Waals surface area contributed by atoms with Crippen molar-refractivity contribution in [2.24, 2.45) is 0 Å². The molecule has 0 atom stereocenters. The molecule has 2 aromatic rings. The molecule has 140 valence electrons. The number of pyridine rings is 1. The van der Waals surface area contributed by atoms with E-state index in [0.717, 1.165) is 50.4 Å². The van der Waals surface area contributed by atoms with E-state index >= 15 is 0 Å². The Hall–Kier alpha value is -1.63. The molecule has 4 rings (SSSR count). The maximum Gasteiger partial charge on any atom is 0.142 e. The van der Waals surface area contributed by atoms with Gasteiger partial charge in [0, 0.05) is 29.4 Å². The van der Waals surface area contributed by atoms with Gasteiger partial charge in [-0.05, 0) is 51.9 Å². The number of rotatable bonds is 4. The Bertz CT molecular complexity index is 778. The SMILES string of the molecule is CC(C)n1nc(-c2cnc(N)c(Cl)c2)cc1C1CCN(C2COC2)CC1. The highest BCUT2D eigenvalue weighted by atomic mass is 35.5. The van der Waals surface area contributed by atoms with Crippen LogP contribution in [0.4, 0.5) is 5.82 Å². The number of ether oxygens (including phenoxy) is 1. The summed E-state index contributed by atoms with van der Waals surface area (Å²) in [5.74, 6) is 0.888. The zero-order valence-electron chi connectivity index (χ0n) is 15.4. The average molecular weight is 376 g/mol. The second-order valence-electron chi connectivity index (χ2n) is 7.59. The normalized spacial score (nSPS) is 19.8. The fourth-order valence-electron chi connectivity index (χ4n) is 3.85. The second kappa shape index (κ2) is 7.18. The highest BCUT2D eigenvalue weighted by molar-refractivity contribution is 6.33. The van der Waals surface area contributed by atoms with Crippen LogP contribution in [0.15, 0.2) is 18.3 Å². The fourth-order valence-corrected chi connectivity index (χ4v) is 4.02. The van der Waals surface area contributed by atoms with E-state index in [0.29, 0.717) is 28.8 Å². The predicted octanol–water partition coefficient (Wildman–Crippen LogP) is 3.34. The van der Waals surface area contributed by atoms with E-state index in [1.807, 2.05) is 6.07 Å². The Morgan fingerprint density at radius 1 is 1.23 bits per heavy atom. The number of nitrogens with zero attached hydrogens (tertiary/aromatic N) is 4. The van der Waals surface area contributed by atoms with Gasteiger partial charge in [0.2, 0.25) is 0 Å². The molecule has 6 nitrogen and oxygen atoms in total. The van der Waals surface area contributed by atoms with Gasteiger partial charge in [-0.25, -0.2) is 4.98 Å². The smallest absolute Gasteiger partial charge is 0.142 e. The van der Waals surface area contributed by atoms with Crippen LogP contribution in [0.3, 0.4) is 0 Å². The number of piperidine rings is 1. The van der Waals surface area contributed by atoms with Gasteiger partial charge in [-0.2, -0.15) is 5.10 Å². The Kier molecular flexibility index (Phi) is 4.90. The summed E-state index contributed by atoms with van der Waals surface area (Å²) in [4.78, 5) is 6.74. The van der Waals surface area contributed by atoms with Crippen LogP contribution in [0.1, 0.15) is 44.3 Å². The predicted molar refractivity (Wildman–Crippen MR) is 103 cm³/mol. The van der Waals surface area contributed by atoms with E-state index in [-0.39, 0.29) is 0 Å². The Labute approximate surface area is 159 Å². The van der Waals surface area contributed by atoms with E-state index in [4.69, 9.17) is 27.2 Å².